The smallest absolute Gasteiger partial charge is 0.143 e. The number of rotatable bonds is 5. The summed E-state index contributed by atoms with van der Waals surface area (Å²) in [4.78, 5) is 10.6. The summed E-state index contributed by atoms with van der Waals surface area (Å²) in [7, 11) is 0. The molecule has 1 aromatic rings. The van der Waals surface area contributed by atoms with Crippen LogP contribution >= 0.6 is 0 Å². The van der Waals surface area contributed by atoms with Crippen LogP contribution in [0.4, 0.5) is 4.39 Å². The van der Waals surface area contributed by atoms with Crippen LogP contribution in [0.2, 0.25) is 0 Å². The number of nitrogens with one attached hydrogen (secondary N) is 1. The molecule has 0 amide bonds. The summed E-state index contributed by atoms with van der Waals surface area (Å²) in [6, 6.07) is 6.40. The van der Waals surface area contributed by atoms with Crippen LogP contribution in [0.25, 0.3) is 0 Å². The molecule has 0 saturated carbocycles. The van der Waals surface area contributed by atoms with Gasteiger partial charge in [-0.25, -0.2) is 4.39 Å². The maximum atomic E-state index is 12.5. The van der Waals surface area contributed by atoms with Gasteiger partial charge < -0.3 is 5.32 Å². The molecule has 0 unspecified atom stereocenters. The van der Waals surface area contributed by atoms with Gasteiger partial charge in [0.05, 0.1) is 6.54 Å². The Morgan fingerprint density at radius 2 is 2.00 bits per heavy atom. The first-order valence-corrected chi connectivity index (χ1v) is 4.63. The summed E-state index contributed by atoms with van der Waals surface area (Å²) in [6.45, 7) is 2.69. The number of ketones is 1. The van der Waals surface area contributed by atoms with Crippen molar-refractivity contribution in [1.82, 2.24) is 5.32 Å². The van der Waals surface area contributed by atoms with Crippen LogP contribution in [0.5, 0.6) is 0 Å². The average molecular weight is 195 g/mol. The van der Waals surface area contributed by atoms with E-state index in [2.05, 4.69) is 5.32 Å². The number of hydrogen-bond donors (Lipinski definition) is 1. The number of Topliss-reactive ketones (excluding diaryl/α,β-unsaturated/α-hetero) is 1. The molecule has 1 aromatic carbocycles. The molecule has 0 bridgehead atoms. The van der Waals surface area contributed by atoms with Crippen LogP contribution < -0.4 is 5.32 Å². The monoisotopic (exact) mass is 195 g/mol. The largest absolute Gasteiger partial charge is 0.310 e. The molecule has 0 aliphatic carbocycles. The quantitative estimate of drug-likeness (QED) is 0.722. The SMILES string of the molecule is CC(=O)CNCCc1ccc(F)cc1. The van der Waals surface area contributed by atoms with Gasteiger partial charge in [-0.1, -0.05) is 12.1 Å². The average Bonchev–Trinajstić information content (AvgIpc) is 2.15. The molecule has 2 nitrogen and oxygen atoms in total. The first-order chi connectivity index (χ1) is 6.68. The lowest BCUT2D eigenvalue weighted by Gasteiger charge is -2.02. The third-order valence-corrected chi connectivity index (χ3v) is 1.88. The summed E-state index contributed by atoms with van der Waals surface area (Å²) in [6.07, 6.45) is 0.813. The molecular formula is C11H14FNO. The van der Waals surface area contributed by atoms with E-state index in [0.717, 1.165) is 18.5 Å². The minimum atomic E-state index is -0.217. The standard InChI is InChI=1S/C11H14FNO/c1-9(14)8-13-7-6-10-2-4-11(12)5-3-10/h2-5,13H,6-8H2,1H3. The Labute approximate surface area is 83.1 Å². The zero-order valence-electron chi connectivity index (χ0n) is 8.22. The maximum absolute atomic E-state index is 12.5. The van der Waals surface area contributed by atoms with Crippen LogP contribution in [-0.4, -0.2) is 18.9 Å². The molecular weight excluding hydrogens is 181 g/mol. The molecule has 0 fully saturated rings. The minimum absolute atomic E-state index is 0.129. The Kier molecular flexibility index (Phi) is 4.26. The molecule has 0 atom stereocenters. The van der Waals surface area contributed by atoms with Gasteiger partial charge in [-0.05, 0) is 37.6 Å². The highest BCUT2D eigenvalue weighted by molar-refractivity contribution is 5.77. The lowest BCUT2D eigenvalue weighted by molar-refractivity contribution is -0.116. The Hall–Kier alpha value is -1.22. The van der Waals surface area contributed by atoms with Crippen LogP contribution in [0.3, 0.4) is 0 Å². The molecule has 0 saturated heterocycles. The third-order valence-electron chi connectivity index (χ3n) is 1.88. The zero-order chi connectivity index (χ0) is 10.4. The van der Waals surface area contributed by atoms with Gasteiger partial charge in [0.2, 0.25) is 0 Å². The molecule has 14 heavy (non-hydrogen) atoms. The third kappa shape index (κ3) is 4.14. The zero-order valence-corrected chi connectivity index (χ0v) is 8.22. The Balaban J connectivity index is 2.25. The van der Waals surface area contributed by atoms with E-state index >= 15 is 0 Å². The molecule has 1 N–H and O–H groups in total. The second-order valence-electron chi connectivity index (χ2n) is 3.26. The van der Waals surface area contributed by atoms with Crippen molar-refractivity contribution in [2.75, 3.05) is 13.1 Å². The van der Waals surface area contributed by atoms with Gasteiger partial charge in [-0.2, -0.15) is 0 Å². The van der Waals surface area contributed by atoms with Gasteiger partial charge >= 0.3 is 0 Å². The van der Waals surface area contributed by atoms with Crippen molar-refractivity contribution < 1.29 is 9.18 Å². The Morgan fingerprint density at radius 1 is 1.36 bits per heavy atom. The van der Waals surface area contributed by atoms with Gasteiger partial charge in [0.25, 0.3) is 0 Å². The molecule has 1 rings (SSSR count). The van der Waals surface area contributed by atoms with Crippen molar-refractivity contribution in [1.29, 1.82) is 0 Å². The number of carbonyl (C=O) groups excluding carboxylic acids is 1. The highest BCUT2D eigenvalue weighted by atomic mass is 19.1. The van der Waals surface area contributed by atoms with E-state index in [1.807, 2.05) is 0 Å². The summed E-state index contributed by atoms with van der Waals surface area (Å²) >= 11 is 0. The van der Waals surface area contributed by atoms with E-state index in [1.165, 1.54) is 12.1 Å². The maximum Gasteiger partial charge on any atom is 0.143 e. The molecule has 3 heteroatoms. The van der Waals surface area contributed by atoms with Crippen molar-refractivity contribution >= 4 is 5.78 Å². The fourth-order valence-corrected chi connectivity index (χ4v) is 1.15. The highest BCUT2D eigenvalue weighted by Crippen LogP contribution is 2.02. The summed E-state index contributed by atoms with van der Waals surface area (Å²) in [5, 5.41) is 3.00. The van der Waals surface area contributed by atoms with Crippen molar-refractivity contribution in [2.45, 2.75) is 13.3 Å². The van der Waals surface area contributed by atoms with Crippen LogP contribution in [0, 0.1) is 5.82 Å². The predicted molar refractivity (Wildman–Crippen MR) is 53.7 cm³/mol. The van der Waals surface area contributed by atoms with Crippen molar-refractivity contribution in [2.24, 2.45) is 0 Å². The number of halogens is 1. The lowest BCUT2D eigenvalue weighted by Crippen LogP contribution is -2.23. The molecule has 0 aliphatic rings. The fourth-order valence-electron chi connectivity index (χ4n) is 1.15. The van der Waals surface area contributed by atoms with Gasteiger partial charge in [-0.3, -0.25) is 4.79 Å². The van der Waals surface area contributed by atoms with Gasteiger partial charge in [-0.15, -0.1) is 0 Å². The molecule has 76 valence electrons. The lowest BCUT2D eigenvalue weighted by atomic mass is 10.1. The Bertz CT molecular complexity index is 295. The van der Waals surface area contributed by atoms with Crippen LogP contribution in [-0.2, 0) is 11.2 Å². The molecule has 0 spiro atoms. The van der Waals surface area contributed by atoms with E-state index in [1.54, 1.807) is 19.1 Å². The van der Waals surface area contributed by atoms with Gasteiger partial charge in [0.1, 0.15) is 11.6 Å². The minimum Gasteiger partial charge on any atom is -0.310 e. The first kappa shape index (κ1) is 10.9. The first-order valence-electron chi connectivity index (χ1n) is 4.63. The van der Waals surface area contributed by atoms with Gasteiger partial charge in [0, 0.05) is 0 Å². The highest BCUT2D eigenvalue weighted by Gasteiger charge is 1.95. The molecule has 0 aromatic heterocycles. The van der Waals surface area contributed by atoms with Gasteiger partial charge in [0.15, 0.2) is 0 Å². The van der Waals surface area contributed by atoms with Crippen molar-refractivity contribution in [3.05, 3.63) is 35.6 Å². The van der Waals surface area contributed by atoms with E-state index in [-0.39, 0.29) is 11.6 Å². The van der Waals surface area contributed by atoms with Crippen molar-refractivity contribution in [3.8, 4) is 0 Å². The van der Waals surface area contributed by atoms with E-state index < -0.39 is 0 Å². The topological polar surface area (TPSA) is 29.1 Å². The second kappa shape index (κ2) is 5.50. The normalized spacial score (nSPS) is 10.1. The van der Waals surface area contributed by atoms with Crippen LogP contribution in [0.1, 0.15) is 12.5 Å². The summed E-state index contributed by atoms with van der Waals surface area (Å²) < 4.78 is 12.5. The summed E-state index contributed by atoms with van der Waals surface area (Å²) in [5.41, 5.74) is 1.07. The van der Waals surface area contributed by atoms with E-state index in [9.17, 15) is 9.18 Å². The second-order valence-corrected chi connectivity index (χ2v) is 3.26. The number of hydrogen-bond acceptors (Lipinski definition) is 2. The Morgan fingerprint density at radius 3 is 2.57 bits per heavy atom. The van der Waals surface area contributed by atoms with E-state index in [4.69, 9.17) is 0 Å². The number of benzene rings is 1. The predicted octanol–water partition coefficient (Wildman–Crippen LogP) is 1.55. The molecule has 0 aliphatic heterocycles. The van der Waals surface area contributed by atoms with Crippen molar-refractivity contribution in [3.63, 3.8) is 0 Å². The van der Waals surface area contributed by atoms with E-state index in [0.29, 0.717) is 6.54 Å². The van der Waals surface area contributed by atoms with Crippen LogP contribution in [0.15, 0.2) is 24.3 Å². The summed E-state index contributed by atoms with van der Waals surface area (Å²) in [5.74, 6) is -0.0884. The molecule has 0 radical (unpaired) electrons. The number of carbonyl (C=O) groups is 1. The molecule has 0 heterocycles. The fraction of sp³-hybridized carbons (Fsp3) is 0.364.